The molecule has 0 radical (unpaired) electrons. The van der Waals surface area contributed by atoms with Crippen molar-refractivity contribution in [3.05, 3.63) is 36.2 Å². The minimum Gasteiger partial charge on any atom is -0.289 e. The molecule has 0 atom stereocenters. The third-order valence-corrected chi connectivity index (χ3v) is 1.03. The molecule has 0 bridgehead atoms. The van der Waals surface area contributed by atoms with Crippen molar-refractivity contribution in [2.75, 3.05) is 0 Å². The molecular weight excluding hydrogens is 119 g/mol. The van der Waals surface area contributed by atoms with E-state index >= 15 is 0 Å². The number of allylic oxidation sites excluding steroid dienone is 5. The molecule has 0 fully saturated rings. The van der Waals surface area contributed by atoms with Gasteiger partial charge in [-0.05, 0) is 12.2 Å². The lowest BCUT2D eigenvalue weighted by molar-refractivity contribution is -0.111. The Bertz CT molecular complexity index is 223. The second-order valence-corrected chi connectivity index (χ2v) is 1.75. The van der Waals surface area contributed by atoms with Crippen LogP contribution in [0.2, 0.25) is 0 Å². The fraction of sp³-hybridized carbons (Fsp3) is 0. The van der Waals surface area contributed by atoms with Crippen LogP contribution in [0.3, 0.4) is 0 Å². The summed E-state index contributed by atoms with van der Waals surface area (Å²) < 4.78 is 12.1. The van der Waals surface area contributed by atoms with Crippen molar-refractivity contribution in [1.29, 1.82) is 0 Å². The largest absolute Gasteiger partial charge is 0.289 e. The van der Waals surface area contributed by atoms with E-state index in [1.54, 1.807) is 0 Å². The highest BCUT2D eigenvalue weighted by Crippen LogP contribution is 2.10. The fourth-order valence-corrected chi connectivity index (χ4v) is 0.528. The topological polar surface area (TPSA) is 17.1 Å². The SMILES string of the molecule is C=C1C=CC(F)=CC1=O. The molecule has 0 N–H and O–H groups in total. The lowest BCUT2D eigenvalue weighted by Crippen LogP contribution is -1.98. The maximum atomic E-state index is 12.1. The van der Waals surface area contributed by atoms with E-state index in [4.69, 9.17) is 0 Å². The van der Waals surface area contributed by atoms with Crippen LogP contribution in [0.25, 0.3) is 0 Å². The molecular formula is C7H5FO. The van der Waals surface area contributed by atoms with Gasteiger partial charge in [-0.15, -0.1) is 0 Å². The van der Waals surface area contributed by atoms with Crippen molar-refractivity contribution in [2.24, 2.45) is 0 Å². The van der Waals surface area contributed by atoms with Gasteiger partial charge in [-0.1, -0.05) is 6.58 Å². The van der Waals surface area contributed by atoms with Gasteiger partial charge in [0.2, 0.25) is 0 Å². The maximum Gasteiger partial charge on any atom is 0.188 e. The molecule has 0 aromatic carbocycles. The number of hydrogen-bond acceptors (Lipinski definition) is 1. The van der Waals surface area contributed by atoms with E-state index in [1.807, 2.05) is 0 Å². The van der Waals surface area contributed by atoms with Gasteiger partial charge in [-0.25, -0.2) is 4.39 Å². The number of carbonyl (C=O) groups is 1. The molecule has 0 saturated carbocycles. The van der Waals surface area contributed by atoms with Gasteiger partial charge >= 0.3 is 0 Å². The molecule has 0 amide bonds. The first-order valence-electron chi connectivity index (χ1n) is 2.48. The first-order chi connectivity index (χ1) is 4.20. The van der Waals surface area contributed by atoms with E-state index in [1.165, 1.54) is 12.2 Å². The molecule has 0 spiro atoms. The number of hydrogen-bond donors (Lipinski definition) is 0. The third kappa shape index (κ3) is 1.13. The molecule has 0 unspecified atom stereocenters. The maximum absolute atomic E-state index is 12.1. The summed E-state index contributed by atoms with van der Waals surface area (Å²) in [6, 6.07) is 0. The van der Waals surface area contributed by atoms with Gasteiger partial charge in [0.25, 0.3) is 0 Å². The number of halogens is 1. The molecule has 1 aliphatic rings. The van der Waals surface area contributed by atoms with Crippen LogP contribution in [0.5, 0.6) is 0 Å². The highest BCUT2D eigenvalue weighted by atomic mass is 19.1. The predicted octanol–water partition coefficient (Wildman–Crippen LogP) is 1.53. The summed E-state index contributed by atoms with van der Waals surface area (Å²) in [5.41, 5.74) is 0.330. The van der Waals surface area contributed by atoms with E-state index < -0.39 is 5.83 Å². The Kier molecular flexibility index (Phi) is 1.30. The van der Waals surface area contributed by atoms with Crippen LogP contribution >= 0.6 is 0 Å². The number of rotatable bonds is 0. The average Bonchev–Trinajstić information content (AvgIpc) is 1.80. The van der Waals surface area contributed by atoms with Gasteiger partial charge in [0.15, 0.2) is 5.78 Å². The molecule has 0 heterocycles. The first kappa shape index (κ1) is 5.95. The zero-order valence-electron chi connectivity index (χ0n) is 4.73. The molecule has 0 aliphatic heterocycles. The molecule has 46 valence electrons. The summed E-state index contributed by atoms with van der Waals surface area (Å²) in [5, 5.41) is 0. The quantitative estimate of drug-likeness (QED) is 0.447. The smallest absolute Gasteiger partial charge is 0.188 e. The molecule has 0 aromatic rings. The standard InChI is InChI=1S/C7H5FO/c1-5-2-3-6(8)4-7(5)9/h2-4H,1H2. The van der Waals surface area contributed by atoms with E-state index in [2.05, 4.69) is 6.58 Å². The lowest BCUT2D eigenvalue weighted by Gasteiger charge is -1.97. The molecule has 1 nitrogen and oxygen atoms in total. The van der Waals surface area contributed by atoms with E-state index in [0.717, 1.165) is 6.08 Å². The highest BCUT2D eigenvalue weighted by molar-refractivity contribution is 6.07. The van der Waals surface area contributed by atoms with Gasteiger partial charge < -0.3 is 0 Å². The first-order valence-corrected chi connectivity index (χ1v) is 2.48. The summed E-state index contributed by atoms with van der Waals surface area (Å²) in [5.74, 6) is -0.859. The minimum atomic E-state index is -0.507. The van der Waals surface area contributed by atoms with Crippen LogP contribution in [0.15, 0.2) is 36.2 Å². The Morgan fingerprint density at radius 1 is 1.44 bits per heavy atom. The second kappa shape index (κ2) is 1.97. The molecule has 0 saturated heterocycles. The van der Waals surface area contributed by atoms with Crippen molar-refractivity contribution >= 4 is 5.78 Å². The lowest BCUT2D eigenvalue weighted by atomic mass is 10.1. The summed E-state index contributed by atoms with van der Waals surface area (Å²) in [6.45, 7) is 3.38. The second-order valence-electron chi connectivity index (χ2n) is 1.75. The Balaban J connectivity index is 2.95. The van der Waals surface area contributed by atoms with Crippen molar-refractivity contribution in [2.45, 2.75) is 0 Å². The van der Waals surface area contributed by atoms with Gasteiger partial charge in [0, 0.05) is 11.6 Å². The zero-order chi connectivity index (χ0) is 6.85. The normalized spacial score (nSPS) is 18.1. The molecule has 1 aliphatic carbocycles. The summed E-state index contributed by atoms with van der Waals surface area (Å²) >= 11 is 0. The Hall–Kier alpha value is -1.18. The van der Waals surface area contributed by atoms with Crippen LogP contribution in [-0.2, 0) is 4.79 Å². The summed E-state index contributed by atoms with van der Waals surface area (Å²) in [7, 11) is 0. The van der Waals surface area contributed by atoms with Gasteiger partial charge in [0.1, 0.15) is 5.83 Å². The van der Waals surface area contributed by atoms with Gasteiger partial charge in [-0.3, -0.25) is 4.79 Å². The molecule has 2 heteroatoms. The van der Waals surface area contributed by atoms with Crippen LogP contribution in [0, 0.1) is 0 Å². The van der Waals surface area contributed by atoms with Crippen LogP contribution < -0.4 is 0 Å². The molecule has 9 heavy (non-hydrogen) atoms. The fourth-order valence-electron chi connectivity index (χ4n) is 0.528. The van der Waals surface area contributed by atoms with Crippen LogP contribution in [0.4, 0.5) is 4.39 Å². The Labute approximate surface area is 52.2 Å². The van der Waals surface area contributed by atoms with Crippen molar-refractivity contribution in [3.8, 4) is 0 Å². The van der Waals surface area contributed by atoms with Crippen molar-refractivity contribution < 1.29 is 9.18 Å². The highest BCUT2D eigenvalue weighted by Gasteiger charge is 2.06. The zero-order valence-corrected chi connectivity index (χ0v) is 4.73. The van der Waals surface area contributed by atoms with Crippen molar-refractivity contribution in [1.82, 2.24) is 0 Å². The minimum absolute atomic E-state index is 0.330. The molecule has 1 rings (SSSR count). The van der Waals surface area contributed by atoms with Gasteiger partial charge in [0.05, 0.1) is 0 Å². The average molecular weight is 124 g/mol. The Morgan fingerprint density at radius 2 is 2.11 bits per heavy atom. The number of ketones is 1. The van der Waals surface area contributed by atoms with Crippen LogP contribution in [-0.4, -0.2) is 5.78 Å². The van der Waals surface area contributed by atoms with E-state index in [-0.39, 0.29) is 5.78 Å². The molecule has 0 aromatic heterocycles. The van der Waals surface area contributed by atoms with E-state index in [0.29, 0.717) is 5.57 Å². The monoisotopic (exact) mass is 124 g/mol. The van der Waals surface area contributed by atoms with Crippen molar-refractivity contribution in [3.63, 3.8) is 0 Å². The number of carbonyl (C=O) groups excluding carboxylic acids is 1. The summed E-state index contributed by atoms with van der Waals surface area (Å²) in [6.07, 6.45) is 3.49. The van der Waals surface area contributed by atoms with Gasteiger partial charge in [-0.2, -0.15) is 0 Å². The predicted molar refractivity (Wildman–Crippen MR) is 32.5 cm³/mol. The Morgan fingerprint density at radius 3 is 2.56 bits per heavy atom. The van der Waals surface area contributed by atoms with E-state index in [9.17, 15) is 9.18 Å². The summed E-state index contributed by atoms with van der Waals surface area (Å²) in [4.78, 5) is 10.5. The van der Waals surface area contributed by atoms with Crippen LogP contribution in [0.1, 0.15) is 0 Å². The third-order valence-electron chi connectivity index (χ3n) is 1.03.